The zero-order chi connectivity index (χ0) is 10.4. The van der Waals surface area contributed by atoms with E-state index < -0.39 is 0 Å². The number of hydrogen-bond donors (Lipinski definition) is 1. The minimum atomic E-state index is 0.145. The summed E-state index contributed by atoms with van der Waals surface area (Å²) in [5, 5.41) is 0. The molecule has 0 aliphatic heterocycles. The van der Waals surface area contributed by atoms with Crippen LogP contribution < -0.4 is 5.73 Å². The van der Waals surface area contributed by atoms with Gasteiger partial charge >= 0.3 is 0 Å². The molecule has 3 unspecified atom stereocenters. The Labute approximate surface area is 90.8 Å². The van der Waals surface area contributed by atoms with Gasteiger partial charge in [0.25, 0.3) is 0 Å². The summed E-state index contributed by atoms with van der Waals surface area (Å²) in [5.74, 6) is 4.48. The Kier molecular flexibility index (Phi) is 2.13. The molecule has 3 atom stereocenters. The van der Waals surface area contributed by atoms with E-state index in [1.54, 1.807) is 0 Å². The van der Waals surface area contributed by atoms with E-state index >= 15 is 0 Å². The molecule has 0 spiro atoms. The van der Waals surface area contributed by atoms with Crippen LogP contribution >= 0.6 is 0 Å². The Balaban J connectivity index is 1.73. The van der Waals surface area contributed by atoms with E-state index in [1.807, 2.05) is 19.1 Å². The van der Waals surface area contributed by atoms with Crippen molar-refractivity contribution in [2.24, 2.45) is 23.5 Å². The molecule has 3 rings (SSSR count). The maximum Gasteiger partial charge on any atom is 0.121 e. The van der Waals surface area contributed by atoms with E-state index in [0.717, 1.165) is 23.4 Å². The van der Waals surface area contributed by atoms with Gasteiger partial charge in [0.1, 0.15) is 11.5 Å². The number of rotatable bonds is 2. The molecule has 1 aromatic rings. The number of fused-ring (bicyclic) bond motifs is 1. The van der Waals surface area contributed by atoms with E-state index in [-0.39, 0.29) is 6.04 Å². The van der Waals surface area contributed by atoms with E-state index in [9.17, 15) is 0 Å². The lowest BCUT2D eigenvalue weighted by Gasteiger charge is -2.07. The van der Waals surface area contributed by atoms with Gasteiger partial charge in [-0.25, -0.2) is 0 Å². The summed E-state index contributed by atoms with van der Waals surface area (Å²) in [7, 11) is 0. The second kappa shape index (κ2) is 3.38. The first-order chi connectivity index (χ1) is 7.27. The Morgan fingerprint density at radius 2 is 1.93 bits per heavy atom. The molecule has 0 bridgehead atoms. The molecular weight excluding hydrogens is 186 g/mol. The Hall–Kier alpha value is -0.760. The topological polar surface area (TPSA) is 39.2 Å². The maximum absolute atomic E-state index is 6.28. The predicted molar refractivity (Wildman–Crippen MR) is 59.3 cm³/mol. The van der Waals surface area contributed by atoms with Gasteiger partial charge in [-0.1, -0.05) is 12.8 Å². The molecule has 0 radical (unpaired) electrons. The second-order valence-corrected chi connectivity index (χ2v) is 5.16. The fraction of sp³-hybridized carbons (Fsp3) is 0.692. The number of aryl methyl sites for hydroxylation is 1. The maximum atomic E-state index is 6.28. The molecule has 2 saturated carbocycles. The molecule has 0 saturated heterocycles. The summed E-state index contributed by atoms with van der Waals surface area (Å²) >= 11 is 0. The molecule has 1 heterocycles. The first-order valence-electron chi connectivity index (χ1n) is 6.09. The lowest BCUT2D eigenvalue weighted by Crippen LogP contribution is -2.13. The number of furan rings is 1. The normalized spacial score (nSPS) is 36.0. The van der Waals surface area contributed by atoms with Crippen LogP contribution in [0.1, 0.15) is 43.2 Å². The van der Waals surface area contributed by atoms with Crippen molar-refractivity contribution in [2.45, 2.75) is 38.6 Å². The van der Waals surface area contributed by atoms with Crippen LogP contribution in [0.15, 0.2) is 16.5 Å². The van der Waals surface area contributed by atoms with Crippen LogP contribution in [0.2, 0.25) is 0 Å². The lowest BCUT2D eigenvalue weighted by molar-refractivity contribution is 0.410. The van der Waals surface area contributed by atoms with Crippen LogP contribution in [0.25, 0.3) is 0 Å². The third kappa shape index (κ3) is 1.51. The molecule has 2 aliphatic rings. The molecule has 82 valence electrons. The van der Waals surface area contributed by atoms with Crippen molar-refractivity contribution in [3.05, 3.63) is 23.7 Å². The second-order valence-electron chi connectivity index (χ2n) is 5.16. The fourth-order valence-corrected chi connectivity index (χ4v) is 3.40. The highest BCUT2D eigenvalue weighted by Crippen LogP contribution is 2.59. The highest BCUT2D eigenvalue weighted by Gasteiger charge is 2.54. The molecule has 1 aromatic heterocycles. The summed E-state index contributed by atoms with van der Waals surface area (Å²) in [6.07, 6.45) is 5.59. The molecule has 2 aliphatic carbocycles. The van der Waals surface area contributed by atoms with Crippen LogP contribution in [-0.4, -0.2) is 0 Å². The highest BCUT2D eigenvalue weighted by molar-refractivity contribution is 5.15. The largest absolute Gasteiger partial charge is 0.465 e. The standard InChI is InChI=1S/C13H19NO/c1-8-6-7-11(15-8)13(14)12-9-4-2-3-5-10(9)12/h6-7,9-10,12-13H,2-5,14H2,1H3. The van der Waals surface area contributed by atoms with Crippen molar-refractivity contribution in [1.82, 2.24) is 0 Å². The van der Waals surface area contributed by atoms with Gasteiger partial charge in [0.15, 0.2) is 0 Å². The van der Waals surface area contributed by atoms with Crippen LogP contribution in [0.4, 0.5) is 0 Å². The highest BCUT2D eigenvalue weighted by atomic mass is 16.3. The number of hydrogen-bond acceptors (Lipinski definition) is 2. The molecule has 2 heteroatoms. The van der Waals surface area contributed by atoms with E-state index in [4.69, 9.17) is 10.2 Å². The first kappa shape index (κ1) is 9.46. The Morgan fingerprint density at radius 1 is 1.27 bits per heavy atom. The molecule has 15 heavy (non-hydrogen) atoms. The van der Waals surface area contributed by atoms with Crippen molar-refractivity contribution in [3.63, 3.8) is 0 Å². The summed E-state index contributed by atoms with van der Waals surface area (Å²) in [6, 6.07) is 4.21. The van der Waals surface area contributed by atoms with Gasteiger partial charge in [-0.05, 0) is 49.7 Å². The van der Waals surface area contributed by atoms with Gasteiger partial charge in [0, 0.05) is 0 Å². The van der Waals surface area contributed by atoms with Crippen molar-refractivity contribution >= 4 is 0 Å². The van der Waals surface area contributed by atoms with Gasteiger partial charge in [-0.15, -0.1) is 0 Å². The van der Waals surface area contributed by atoms with E-state index in [1.165, 1.54) is 25.7 Å². The Bertz CT molecular complexity index is 345. The summed E-state index contributed by atoms with van der Waals surface area (Å²) in [4.78, 5) is 0. The third-order valence-electron chi connectivity index (χ3n) is 4.23. The Morgan fingerprint density at radius 3 is 2.47 bits per heavy atom. The molecule has 2 N–H and O–H groups in total. The van der Waals surface area contributed by atoms with Crippen LogP contribution in [0.3, 0.4) is 0 Å². The smallest absolute Gasteiger partial charge is 0.121 e. The quantitative estimate of drug-likeness (QED) is 0.806. The molecule has 0 amide bonds. The fourth-order valence-electron chi connectivity index (χ4n) is 3.40. The SMILES string of the molecule is Cc1ccc(C(N)C2C3CCCCC32)o1. The van der Waals surface area contributed by atoms with Gasteiger partial charge in [-0.2, -0.15) is 0 Å². The van der Waals surface area contributed by atoms with Crippen LogP contribution in [0, 0.1) is 24.7 Å². The average Bonchev–Trinajstić information content (AvgIpc) is 2.82. The number of nitrogens with two attached hydrogens (primary N) is 1. The lowest BCUT2D eigenvalue weighted by atomic mass is 10.0. The van der Waals surface area contributed by atoms with Crippen LogP contribution in [-0.2, 0) is 0 Å². The van der Waals surface area contributed by atoms with Crippen molar-refractivity contribution < 1.29 is 4.42 Å². The molecule has 0 aromatic carbocycles. The zero-order valence-electron chi connectivity index (χ0n) is 9.28. The van der Waals surface area contributed by atoms with E-state index in [0.29, 0.717) is 5.92 Å². The average molecular weight is 205 g/mol. The van der Waals surface area contributed by atoms with Gasteiger partial charge < -0.3 is 10.2 Å². The zero-order valence-corrected chi connectivity index (χ0v) is 9.28. The van der Waals surface area contributed by atoms with Gasteiger partial charge in [-0.3, -0.25) is 0 Å². The van der Waals surface area contributed by atoms with E-state index in [2.05, 4.69) is 0 Å². The third-order valence-corrected chi connectivity index (χ3v) is 4.23. The van der Waals surface area contributed by atoms with Crippen LogP contribution in [0.5, 0.6) is 0 Å². The summed E-state index contributed by atoms with van der Waals surface area (Å²) in [5.41, 5.74) is 6.28. The minimum Gasteiger partial charge on any atom is -0.465 e. The molecule has 2 nitrogen and oxygen atoms in total. The van der Waals surface area contributed by atoms with Crippen molar-refractivity contribution in [2.75, 3.05) is 0 Å². The van der Waals surface area contributed by atoms with Crippen molar-refractivity contribution in [3.8, 4) is 0 Å². The summed E-state index contributed by atoms with van der Waals surface area (Å²) in [6.45, 7) is 1.98. The summed E-state index contributed by atoms with van der Waals surface area (Å²) < 4.78 is 5.63. The molecular formula is C13H19NO. The first-order valence-corrected chi connectivity index (χ1v) is 6.09. The van der Waals surface area contributed by atoms with Crippen molar-refractivity contribution in [1.29, 1.82) is 0 Å². The molecule has 2 fully saturated rings. The predicted octanol–water partition coefficient (Wildman–Crippen LogP) is 3.02. The van der Waals surface area contributed by atoms with Gasteiger partial charge in [0.2, 0.25) is 0 Å². The monoisotopic (exact) mass is 205 g/mol. The minimum absolute atomic E-state index is 0.145. The van der Waals surface area contributed by atoms with Gasteiger partial charge in [0.05, 0.1) is 6.04 Å².